The first-order chi connectivity index (χ1) is 13.9. The van der Waals surface area contributed by atoms with Crippen LogP contribution in [-0.4, -0.2) is 36.0 Å². The van der Waals surface area contributed by atoms with E-state index < -0.39 is 0 Å². The summed E-state index contributed by atoms with van der Waals surface area (Å²) in [7, 11) is 3.80. The Morgan fingerprint density at radius 2 is 1.90 bits per heavy atom. The van der Waals surface area contributed by atoms with Gasteiger partial charge in [0.25, 0.3) is 0 Å². The number of phenolic OH excluding ortho intramolecular Hbond substituents is 1. The monoisotopic (exact) mass is 470 g/mol. The highest BCUT2D eigenvalue weighted by Crippen LogP contribution is 2.32. The number of ketones is 1. The molecule has 8 heteroatoms. The molecule has 2 aromatic carbocycles. The van der Waals surface area contributed by atoms with Crippen LogP contribution in [0.4, 0.5) is 0 Å². The van der Waals surface area contributed by atoms with Gasteiger partial charge < -0.3 is 14.2 Å². The summed E-state index contributed by atoms with van der Waals surface area (Å²) in [6, 6.07) is 13.1. The number of hydrogen-bond donors (Lipinski definition) is 1. The van der Waals surface area contributed by atoms with E-state index in [0.717, 1.165) is 26.6 Å². The molecule has 0 bridgehead atoms. The number of nitrogens with zero attached hydrogens (tertiary/aromatic N) is 4. The number of Topliss-reactive ketones (excluding diaryl/α,β-unsaturated/α-hetero) is 1. The van der Waals surface area contributed by atoms with Gasteiger partial charge in [0.05, 0.1) is 11.3 Å². The zero-order chi connectivity index (χ0) is 20.7. The lowest BCUT2D eigenvalue weighted by atomic mass is 10.1. The van der Waals surface area contributed by atoms with Crippen LogP contribution in [0.3, 0.4) is 0 Å². The third-order valence-electron chi connectivity index (χ3n) is 5.05. The number of phenols is 1. The summed E-state index contributed by atoms with van der Waals surface area (Å²) in [6.45, 7) is 1.97. The SMILES string of the molecule is Cc1c(C(=O)CSc2nnc(-c3cc(Br)ccc3O)n2C)c2ccccc2n1C. The van der Waals surface area contributed by atoms with E-state index in [-0.39, 0.29) is 17.3 Å². The number of halogens is 1. The van der Waals surface area contributed by atoms with Gasteiger partial charge in [0.1, 0.15) is 5.75 Å². The van der Waals surface area contributed by atoms with Crippen LogP contribution in [0.5, 0.6) is 5.75 Å². The number of benzene rings is 2. The van der Waals surface area contributed by atoms with Gasteiger partial charge in [0, 0.05) is 40.7 Å². The van der Waals surface area contributed by atoms with Crippen molar-refractivity contribution in [1.29, 1.82) is 0 Å². The normalized spacial score (nSPS) is 11.3. The molecule has 0 fully saturated rings. The first-order valence-corrected chi connectivity index (χ1v) is 10.7. The Hall–Kier alpha value is -2.58. The molecular weight excluding hydrogens is 452 g/mol. The number of rotatable bonds is 5. The molecular formula is C21H19BrN4O2S. The molecule has 0 spiro atoms. The quantitative estimate of drug-likeness (QED) is 0.337. The molecule has 29 heavy (non-hydrogen) atoms. The Morgan fingerprint density at radius 3 is 2.69 bits per heavy atom. The van der Waals surface area contributed by atoms with Gasteiger partial charge in [-0.25, -0.2) is 0 Å². The van der Waals surface area contributed by atoms with Crippen LogP contribution in [0.1, 0.15) is 16.1 Å². The summed E-state index contributed by atoms with van der Waals surface area (Å²) in [5.74, 6) is 0.979. The maximum atomic E-state index is 13.0. The van der Waals surface area contributed by atoms with Gasteiger partial charge in [-0.3, -0.25) is 4.79 Å². The summed E-state index contributed by atoms with van der Waals surface area (Å²) in [5, 5.41) is 20.2. The fourth-order valence-electron chi connectivity index (χ4n) is 3.44. The minimum absolute atomic E-state index is 0.0548. The lowest BCUT2D eigenvalue weighted by Gasteiger charge is -2.06. The first-order valence-electron chi connectivity index (χ1n) is 8.96. The molecule has 0 aliphatic rings. The fourth-order valence-corrected chi connectivity index (χ4v) is 4.58. The van der Waals surface area contributed by atoms with Gasteiger partial charge in [-0.1, -0.05) is 45.9 Å². The summed E-state index contributed by atoms with van der Waals surface area (Å²) in [6.07, 6.45) is 0. The predicted molar refractivity (Wildman–Crippen MR) is 119 cm³/mol. The number of aromatic hydroxyl groups is 1. The second-order valence-corrected chi connectivity index (χ2v) is 8.63. The zero-order valence-electron chi connectivity index (χ0n) is 16.2. The highest BCUT2D eigenvalue weighted by Gasteiger charge is 2.20. The number of aromatic nitrogens is 4. The second-order valence-electron chi connectivity index (χ2n) is 6.78. The number of hydrogen-bond acceptors (Lipinski definition) is 5. The van der Waals surface area contributed by atoms with Crippen molar-refractivity contribution in [3.63, 3.8) is 0 Å². The van der Waals surface area contributed by atoms with Crippen LogP contribution < -0.4 is 0 Å². The fraction of sp³-hybridized carbons (Fsp3) is 0.190. The van der Waals surface area contributed by atoms with Crippen LogP contribution >= 0.6 is 27.7 Å². The minimum atomic E-state index is 0.0548. The van der Waals surface area contributed by atoms with Gasteiger partial charge in [-0.15, -0.1) is 10.2 Å². The van der Waals surface area contributed by atoms with Crippen molar-refractivity contribution in [3.8, 4) is 17.1 Å². The van der Waals surface area contributed by atoms with Crippen LogP contribution in [0.15, 0.2) is 52.1 Å². The largest absolute Gasteiger partial charge is 0.507 e. The number of carbonyl (C=O) groups excluding carboxylic acids is 1. The van der Waals surface area contributed by atoms with Crippen LogP contribution in [0.2, 0.25) is 0 Å². The number of fused-ring (bicyclic) bond motifs is 1. The van der Waals surface area contributed by atoms with Gasteiger partial charge in [0.2, 0.25) is 0 Å². The van der Waals surface area contributed by atoms with Gasteiger partial charge in [-0.05, 0) is 31.2 Å². The predicted octanol–water partition coefficient (Wildman–Crippen LogP) is 4.73. The van der Waals surface area contributed by atoms with Crippen LogP contribution in [0.25, 0.3) is 22.3 Å². The molecule has 0 unspecified atom stereocenters. The summed E-state index contributed by atoms with van der Waals surface area (Å²) < 4.78 is 4.67. The van der Waals surface area contributed by atoms with E-state index in [1.807, 2.05) is 49.9 Å². The van der Waals surface area contributed by atoms with Gasteiger partial charge in [-0.2, -0.15) is 0 Å². The van der Waals surface area contributed by atoms with E-state index in [2.05, 4.69) is 26.1 Å². The molecule has 0 aliphatic carbocycles. The van der Waals surface area contributed by atoms with E-state index in [1.165, 1.54) is 11.8 Å². The Kier molecular flexibility index (Phi) is 5.23. The number of aryl methyl sites for hydroxylation is 1. The van der Waals surface area contributed by atoms with Crippen molar-refractivity contribution in [2.75, 3.05) is 5.75 Å². The highest BCUT2D eigenvalue weighted by molar-refractivity contribution is 9.10. The molecule has 2 aromatic heterocycles. The molecule has 0 saturated heterocycles. The average molecular weight is 471 g/mol. The Balaban J connectivity index is 1.60. The van der Waals surface area contributed by atoms with Crippen LogP contribution in [0, 0.1) is 6.92 Å². The third kappa shape index (κ3) is 3.47. The average Bonchev–Trinajstić information content (AvgIpc) is 3.20. The number of para-hydroxylation sites is 1. The van der Waals surface area contributed by atoms with E-state index in [9.17, 15) is 9.90 Å². The lowest BCUT2D eigenvalue weighted by Crippen LogP contribution is -2.06. The maximum absolute atomic E-state index is 13.0. The molecule has 6 nitrogen and oxygen atoms in total. The molecule has 0 radical (unpaired) electrons. The van der Waals surface area contributed by atoms with E-state index in [4.69, 9.17) is 0 Å². The molecule has 1 N–H and O–H groups in total. The lowest BCUT2D eigenvalue weighted by molar-refractivity contribution is 0.102. The van der Waals surface area contributed by atoms with Crippen molar-refractivity contribution < 1.29 is 9.90 Å². The van der Waals surface area contributed by atoms with Crippen molar-refractivity contribution in [3.05, 3.63) is 58.2 Å². The Morgan fingerprint density at radius 1 is 1.14 bits per heavy atom. The van der Waals surface area contributed by atoms with Crippen molar-refractivity contribution >= 4 is 44.4 Å². The summed E-state index contributed by atoms with van der Waals surface area (Å²) in [4.78, 5) is 13.0. The van der Waals surface area contributed by atoms with Crippen molar-refractivity contribution in [2.24, 2.45) is 14.1 Å². The van der Waals surface area contributed by atoms with Gasteiger partial charge >= 0.3 is 0 Å². The van der Waals surface area contributed by atoms with Crippen molar-refractivity contribution in [1.82, 2.24) is 19.3 Å². The number of thioether (sulfide) groups is 1. The Bertz CT molecular complexity index is 1250. The van der Waals surface area contributed by atoms with E-state index in [1.54, 1.807) is 22.8 Å². The standard InChI is InChI=1S/C21H19BrN4O2S/c1-12-19(14-6-4-5-7-16(14)25(12)2)18(28)11-29-21-24-23-20(26(21)3)15-10-13(22)8-9-17(15)27/h4-10,27H,11H2,1-3H3. The second kappa shape index (κ2) is 7.68. The van der Waals surface area contributed by atoms with E-state index in [0.29, 0.717) is 16.5 Å². The first kappa shape index (κ1) is 19.7. The Labute approximate surface area is 180 Å². The minimum Gasteiger partial charge on any atom is -0.507 e. The van der Waals surface area contributed by atoms with E-state index >= 15 is 0 Å². The molecule has 148 valence electrons. The van der Waals surface area contributed by atoms with Crippen molar-refractivity contribution in [2.45, 2.75) is 12.1 Å². The topological polar surface area (TPSA) is 72.9 Å². The molecule has 0 atom stereocenters. The summed E-state index contributed by atoms with van der Waals surface area (Å²) >= 11 is 4.75. The molecule has 0 amide bonds. The van der Waals surface area contributed by atoms with Crippen LogP contribution in [-0.2, 0) is 14.1 Å². The zero-order valence-corrected chi connectivity index (χ0v) is 18.6. The molecule has 0 saturated carbocycles. The summed E-state index contributed by atoms with van der Waals surface area (Å²) in [5.41, 5.74) is 3.33. The molecule has 4 rings (SSSR count). The number of carbonyl (C=O) groups is 1. The highest BCUT2D eigenvalue weighted by atomic mass is 79.9. The smallest absolute Gasteiger partial charge is 0.191 e. The third-order valence-corrected chi connectivity index (χ3v) is 6.56. The molecule has 0 aliphatic heterocycles. The molecule has 2 heterocycles. The molecule has 4 aromatic rings. The van der Waals surface area contributed by atoms with Gasteiger partial charge in [0.15, 0.2) is 16.8 Å². The maximum Gasteiger partial charge on any atom is 0.191 e.